The van der Waals surface area contributed by atoms with Crippen LogP contribution < -0.4 is 16.4 Å². The van der Waals surface area contributed by atoms with Gasteiger partial charge in [0.1, 0.15) is 0 Å². The lowest BCUT2D eigenvalue weighted by molar-refractivity contribution is 0.381. The topological polar surface area (TPSA) is 130 Å². The first kappa shape index (κ1) is 15.5. The summed E-state index contributed by atoms with van der Waals surface area (Å²) in [6, 6.07) is 5.71. The molecule has 0 bridgehead atoms. The van der Waals surface area contributed by atoms with Crippen molar-refractivity contribution in [3.05, 3.63) is 18.2 Å². The van der Waals surface area contributed by atoms with Crippen LogP contribution in [0.3, 0.4) is 0 Å². The highest BCUT2D eigenvalue weighted by molar-refractivity contribution is 7.79. The zero-order valence-corrected chi connectivity index (χ0v) is 11.3. The van der Waals surface area contributed by atoms with Crippen molar-refractivity contribution >= 4 is 27.5 Å². The summed E-state index contributed by atoms with van der Waals surface area (Å²) in [5.41, 5.74) is 14.4. The smallest absolute Gasteiger partial charge is 0.394 e. The summed E-state index contributed by atoms with van der Waals surface area (Å²) in [6.45, 7) is 2.21. The van der Waals surface area contributed by atoms with Crippen molar-refractivity contribution in [1.82, 2.24) is 0 Å². The fourth-order valence-electron chi connectivity index (χ4n) is 1.97. The number of hydrogen-bond donors (Lipinski definition) is 4. The van der Waals surface area contributed by atoms with E-state index in [-0.39, 0.29) is 0 Å². The van der Waals surface area contributed by atoms with E-state index in [1.54, 1.807) is 0 Å². The van der Waals surface area contributed by atoms with Crippen LogP contribution in [-0.2, 0) is 10.4 Å². The van der Waals surface area contributed by atoms with Gasteiger partial charge in [-0.25, -0.2) is 0 Å². The van der Waals surface area contributed by atoms with Gasteiger partial charge in [0.2, 0.25) is 0 Å². The molecule has 0 saturated carbocycles. The minimum atomic E-state index is -4.67. The molecular weight excluding hydrogens is 270 g/mol. The van der Waals surface area contributed by atoms with E-state index < -0.39 is 10.4 Å². The van der Waals surface area contributed by atoms with Crippen LogP contribution in [-0.4, -0.2) is 30.6 Å². The maximum Gasteiger partial charge on any atom is 0.394 e. The van der Waals surface area contributed by atoms with Crippen molar-refractivity contribution in [1.29, 1.82) is 0 Å². The van der Waals surface area contributed by atoms with Crippen LogP contribution in [0.1, 0.15) is 19.3 Å². The number of rotatable bonds is 1. The van der Waals surface area contributed by atoms with Gasteiger partial charge in [-0.15, -0.1) is 0 Å². The third-order valence-corrected chi connectivity index (χ3v) is 2.75. The summed E-state index contributed by atoms with van der Waals surface area (Å²) in [5.74, 6) is 0. The third-order valence-electron chi connectivity index (χ3n) is 2.75. The number of nitrogens with zero attached hydrogens (tertiary/aromatic N) is 1. The van der Waals surface area contributed by atoms with Crippen molar-refractivity contribution in [2.45, 2.75) is 19.3 Å². The molecule has 0 unspecified atom stereocenters. The summed E-state index contributed by atoms with van der Waals surface area (Å²) in [6.07, 6.45) is 3.85. The van der Waals surface area contributed by atoms with E-state index in [0.717, 1.165) is 30.2 Å². The van der Waals surface area contributed by atoms with Crippen LogP contribution in [0.4, 0.5) is 17.1 Å². The van der Waals surface area contributed by atoms with Crippen molar-refractivity contribution in [2.24, 2.45) is 0 Å². The summed E-state index contributed by atoms with van der Waals surface area (Å²) in [4.78, 5) is 2.33. The van der Waals surface area contributed by atoms with Gasteiger partial charge in [0, 0.05) is 18.8 Å². The summed E-state index contributed by atoms with van der Waals surface area (Å²) in [7, 11) is -4.67. The standard InChI is InChI=1S/C11H17N3.H2O4S/c12-9-4-5-10(13)11(8-9)14-6-2-1-3-7-14;1-5(2,3)4/h4-5,8H,1-3,6-7,12-13H2;(H2,1,2,3,4). The van der Waals surface area contributed by atoms with E-state index >= 15 is 0 Å². The highest BCUT2D eigenvalue weighted by atomic mass is 32.3. The molecule has 6 N–H and O–H groups in total. The molecule has 1 heterocycles. The van der Waals surface area contributed by atoms with Crippen LogP contribution in [0, 0.1) is 0 Å². The lowest BCUT2D eigenvalue weighted by Crippen LogP contribution is -2.30. The molecule has 1 fully saturated rings. The lowest BCUT2D eigenvalue weighted by atomic mass is 10.1. The van der Waals surface area contributed by atoms with E-state index in [9.17, 15) is 0 Å². The Labute approximate surface area is 112 Å². The molecule has 0 radical (unpaired) electrons. The quantitative estimate of drug-likeness (QED) is 0.451. The minimum Gasteiger partial charge on any atom is -0.399 e. The van der Waals surface area contributed by atoms with Gasteiger partial charge in [-0.05, 0) is 37.5 Å². The molecule has 0 spiro atoms. The Hall–Kier alpha value is -1.51. The minimum absolute atomic E-state index is 0.791. The molecule has 0 aromatic heterocycles. The molecule has 7 nitrogen and oxygen atoms in total. The molecule has 0 amide bonds. The van der Waals surface area contributed by atoms with Crippen LogP contribution in [0.5, 0.6) is 0 Å². The Bertz CT molecular complexity index is 505. The maximum atomic E-state index is 8.74. The van der Waals surface area contributed by atoms with E-state index in [1.807, 2.05) is 18.2 Å². The normalized spacial score (nSPS) is 15.6. The predicted molar refractivity (Wildman–Crippen MR) is 75.5 cm³/mol. The van der Waals surface area contributed by atoms with Crippen LogP contribution >= 0.6 is 0 Å². The Kier molecular flexibility index (Phi) is 5.40. The first-order valence-electron chi connectivity index (χ1n) is 5.87. The predicted octanol–water partition coefficient (Wildman–Crippen LogP) is 1.19. The number of piperidine rings is 1. The van der Waals surface area contributed by atoms with E-state index in [1.165, 1.54) is 19.3 Å². The van der Waals surface area contributed by atoms with Crippen LogP contribution in [0.15, 0.2) is 18.2 Å². The molecular formula is C11H19N3O4S. The molecule has 19 heavy (non-hydrogen) atoms. The average molecular weight is 289 g/mol. The molecule has 1 aliphatic heterocycles. The van der Waals surface area contributed by atoms with Gasteiger partial charge >= 0.3 is 10.4 Å². The second-order valence-corrected chi connectivity index (χ2v) is 5.21. The SMILES string of the molecule is Nc1ccc(N)c(N2CCCCC2)c1.O=S(=O)(O)O. The molecule has 1 aliphatic rings. The lowest BCUT2D eigenvalue weighted by Gasteiger charge is -2.29. The van der Waals surface area contributed by atoms with Crippen molar-refractivity contribution < 1.29 is 17.5 Å². The van der Waals surface area contributed by atoms with Crippen molar-refractivity contribution in [3.63, 3.8) is 0 Å². The second kappa shape index (κ2) is 6.60. The van der Waals surface area contributed by atoms with Gasteiger partial charge in [-0.2, -0.15) is 8.42 Å². The molecule has 0 aliphatic carbocycles. The van der Waals surface area contributed by atoms with Gasteiger partial charge in [-0.1, -0.05) is 0 Å². The highest BCUT2D eigenvalue weighted by Gasteiger charge is 2.13. The summed E-state index contributed by atoms with van der Waals surface area (Å²) in [5, 5.41) is 0. The Morgan fingerprint density at radius 1 is 1.05 bits per heavy atom. The Balaban J connectivity index is 0.000000312. The number of nitrogen functional groups attached to an aromatic ring is 2. The number of hydrogen-bond acceptors (Lipinski definition) is 5. The van der Waals surface area contributed by atoms with Gasteiger partial charge in [0.05, 0.1) is 11.4 Å². The maximum absolute atomic E-state index is 8.74. The zero-order valence-electron chi connectivity index (χ0n) is 10.5. The number of anilines is 3. The Morgan fingerprint density at radius 2 is 1.58 bits per heavy atom. The van der Waals surface area contributed by atoms with Gasteiger partial charge < -0.3 is 16.4 Å². The van der Waals surface area contributed by atoms with Crippen LogP contribution in [0.2, 0.25) is 0 Å². The monoisotopic (exact) mass is 289 g/mol. The molecule has 0 atom stereocenters. The molecule has 1 aromatic carbocycles. The first-order chi connectivity index (χ1) is 8.77. The second-order valence-electron chi connectivity index (χ2n) is 4.31. The molecule has 1 aromatic rings. The summed E-state index contributed by atoms with van der Waals surface area (Å²) >= 11 is 0. The fourth-order valence-corrected chi connectivity index (χ4v) is 1.97. The number of nitrogens with two attached hydrogens (primary N) is 2. The molecule has 1 saturated heterocycles. The first-order valence-corrected chi connectivity index (χ1v) is 7.27. The zero-order chi connectivity index (χ0) is 14.5. The van der Waals surface area contributed by atoms with Gasteiger partial charge in [0.25, 0.3) is 0 Å². The largest absolute Gasteiger partial charge is 0.399 e. The Morgan fingerprint density at radius 3 is 2.11 bits per heavy atom. The van der Waals surface area contributed by atoms with E-state index in [0.29, 0.717) is 0 Å². The van der Waals surface area contributed by atoms with Gasteiger partial charge in [0.15, 0.2) is 0 Å². The average Bonchev–Trinajstić information content (AvgIpc) is 2.31. The summed E-state index contributed by atoms with van der Waals surface area (Å²) < 4.78 is 31.6. The fraction of sp³-hybridized carbons (Fsp3) is 0.455. The molecule has 8 heteroatoms. The number of benzene rings is 1. The van der Waals surface area contributed by atoms with Crippen LogP contribution in [0.25, 0.3) is 0 Å². The van der Waals surface area contributed by atoms with Crippen molar-refractivity contribution in [2.75, 3.05) is 29.5 Å². The molecule has 108 valence electrons. The van der Waals surface area contributed by atoms with E-state index in [4.69, 9.17) is 29.0 Å². The molecule has 2 rings (SSSR count). The van der Waals surface area contributed by atoms with E-state index in [2.05, 4.69) is 4.90 Å². The third kappa shape index (κ3) is 6.27. The van der Waals surface area contributed by atoms with Crippen molar-refractivity contribution in [3.8, 4) is 0 Å². The van der Waals surface area contributed by atoms with Gasteiger partial charge in [-0.3, -0.25) is 9.11 Å². The highest BCUT2D eigenvalue weighted by Crippen LogP contribution is 2.28.